The fourth-order valence-corrected chi connectivity index (χ4v) is 2.73. The first-order valence-corrected chi connectivity index (χ1v) is 9.66. The second kappa shape index (κ2) is 6.86. The summed E-state index contributed by atoms with van der Waals surface area (Å²) in [5, 5.41) is 9.26. The Morgan fingerprint density at radius 3 is 2.11 bits per heavy atom. The van der Waals surface area contributed by atoms with Gasteiger partial charge in [-0.3, -0.25) is 4.79 Å². The van der Waals surface area contributed by atoms with E-state index >= 15 is 0 Å². The molecule has 0 saturated carbocycles. The Hall–Kier alpha value is -0.393. The number of rotatable bonds is 7. The van der Waals surface area contributed by atoms with Crippen LogP contribution in [-0.2, 0) is 14.0 Å². The van der Waals surface area contributed by atoms with Gasteiger partial charge in [0.15, 0.2) is 0 Å². The number of ether oxygens (including phenoxy) is 1. The summed E-state index contributed by atoms with van der Waals surface area (Å²) >= 11 is 0. The summed E-state index contributed by atoms with van der Waals surface area (Å²) in [5.74, 6) is -0.162. The highest BCUT2D eigenvalue weighted by molar-refractivity contribution is 6.72. The fourth-order valence-electron chi connectivity index (χ4n) is 1.34. The third-order valence-corrected chi connectivity index (χ3v) is 7.36. The average molecular weight is 290 g/mol. The Morgan fingerprint density at radius 2 is 1.74 bits per heavy atom. The second-order valence-electron chi connectivity index (χ2n) is 6.93. The van der Waals surface area contributed by atoms with E-state index in [1.807, 2.05) is 41.2 Å². The number of hydrogen-bond acceptors (Lipinski definition) is 4. The topological polar surface area (TPSA) is 55.8 Å². The van der Waals surface area contributed by atoms with Gasteiger partial charge in [0.1, 0.15) is 0 Å². The Balaban J connectivity index is 4.20. The summed E-state index contributed by atoms with van der Waals surface area (Å²) in [6.45, 7) is 12.3. The molecule has 114 valence electrons. The molecule has 4 nitrogen and oxygen atoms in total. The molecule has 0 radical (unpaired) electrons. The smallest absolute Gasteiger partial charge is 0.312 e. The Kier molecular flexibility index (Phi) is 6.72. The lowest BCUT2D eigenvalue weighted by Crippen LogP contribution is -2.40. The fraction of sp³-hybridized carbons (Fsp3) is 0.929. The molecule has 1 atom stereocenters. The molecule has 0 saturated heterocycles. The van der Waals surface area contributed by atoms with Crippen molar-refractivity contribution in [3.63, 3.8) is 0 Å². The molecule has 0 fully saturated rings. The van der Waals surface area contributed by atoms with Gasteiger partial charge in [0.25, 0.3) is 0 Å². The maximum Gasteiger partial charge on any atom is 0.312 e. The highest BCUT2D eigenvalue weighted by atomic mass is 28.4. The highest BCUT2D eigenvalue weighted by Crippen LogP contribution is 2.38. The number of hydrogen-bond donors (Lipinski definition) is 1. The van der Waals surface area contributed by atoms with Gasteiger partial charge in [-0.2, -0.15) is 0 Å². The predicted molar refractivity (Wildman–Crippen MR) is 79.3 cm³/mol. The molecule has 1 unspecified atom stereocenters. The first kappa shape index (κ1) is 18.6. The van der Waals surface area contributed by atoms with Gasteiger partial charge in [0.05, 0.1) is 18.3 Å². The van der Waals surface area contributed by atoms with Crippen LogP contribution >= 0.6 is 0 Å². The molecule has 1 N–H and O–H groups in total. The zero-order valence-electron chi connectivity index (χ0n) is 13.5. The molecule has 0 aromatic rings. The normalized spacial score (nSPS) is 16.0. The largest absolute Gasteiger partial charge is 0.465 e. The van der Waals surface area contributed by atoms with E-state index < -0.39 is 13.7 Å². The van der Waals surface area contributed by atoms with Gasteiger partial charge in [-0.1, -0.05) is 20.8 Å². The van der Waals surface area contributed by atoms with Gasteiger partial charge >= 0.3 is 5.97 Å². The molecule has 0 bridgehead atoms. The van der Waals surface area contributed by atoms with Gasteiger partial charge in [-0.05, 0) is 38.3 Å². The van der Waals surface area contributed by atoms with Crippen LogP contribution in [0.1, 0.15) is 41.0 Å². The minimum absolute atomic E-state index is 0.102. The quantitative estimate of drug-likeness (QED) is 0.445. The Labute approximate surface area is 118 Å². The summed E-state index contributed by atoms with van der Waals surface area (Å²) < 4.78 is 10.7. The molecule has 0 aliphatic heterocycles. The zero-order chi connectivity index (χ0) is 15.3. The van der Waals surface area contributed by atoms with E-state index in [4.69, 9.17) is 9.16 Å². The minimum Gasteiger partial charge on any atom is -0.465 e. The standard InChI is InChI=1S/C14H30O4Si/c1-13(2,3)14(4,5)12(16)18-9-8-10-19(7,11-15)17-6/h15H,8-11H2,1-7H3. The van der Waals surface area contributed by atoms with Crippen molar-refractivity contribution in [2.75, 3.05) is 19.9 Å². The molecule has 0 heterocycles. The van der Waals surface area contributed by atoms with Crippen molar-refractivity contribution in [3.8, 4) is 0 Å². The van der Waals surface area contributed by atoms with Crippen molar-refractivity contribution < 1.29 is 19.1 Å². The summed E-state index contributed by atoms with van der Waals surface area (Å²) in [6.07, 6.45) is 0.841. The zero-order valence-corrected chi connectivity index (χ0v) is 14.5. The molecule has 0 aromatic carbocycles. The van der Waals surface area contributed by atoms with E-state index in [-0.39, 0.29) is 17.6 Å². The second-order valence-corrected chi connectivity index (χ2v) is 11.1. The number of carbonyl (C=O) groups excluding carboxylic acids is 1. The summed E-state index contributed by atoms with van der Waals surface area (Å²) in [6, 6.07) is 0.795. The molecule has 0 spiro atoms. The SMILES string of the molecule is CO[Si](C)(CO)CCCOC(=O)C(C)(C)C(C)(C)C. The predicted octanol–water partition coefficient (Wildman–Crippen LogP) is 2.75. The molecule has 0 aromatic heterocycles. The third kappa shape index (κ3) is 5.24. The monoisotopic (exact) mass is 290 g/mol. The van der Waals surface area contributed by atoms with Gasteiger partial charge < -0.3 is 14.3 Å². The van der Waals surface area contributed by atoms with E-state index in [0.717, 1.165) is 12.5 Å². The lowest BCUT2D eigenvalue weighted by atomic mass is 9.69. The number of carbonyl (C=O) groups is 1. The maximum absolute atomic E-state index is 12.1. The van der Waals surface area contributed by atoms with Crippen molar-refractivity contribution in [3.05, 3.63) is 0 Å². The van der Waals surface area contributed by atoms with Crippen LogP contribution < -0.4 is 0 Å². The number of aliphatic hydroxyl groups is 1. The highest BCUT2D eigenvalue weighted by Gasteiger charge is 2.41. The molecule has 0 amide bonds. The van der Waals surface area contributed by atoms with Crippen LogP contribution in [0.3, 0.4) is 0 Å². The van der Waals surface area contributed by atoms with E-state index in [0.29, 0.717) is 6.61 Å². The average Bonchev–Trinajstić information content (AvgIpc) is 2.32. The van der Waals surface area contributed by atoms with Crippen LogP contribution in [0.15, 0.2) is 0 Å². The number of aliphatic hydroxyl groups excluding tert-OH is 1. The summed E-state index contributed by atoms with van der Waals surface area (Å²) in [5.41, 5.74) is -0.642. The van der Waals surface area contributed by atoms with Crippen LogP contribution in [0, 0.1) is 10.8 Å². The van der Waals surface area contributed by atoms with E-state index in [1.165, 1.54) is 0 Å². The molecule has 5 heteroatoms. The first-order valence-electron chi connectivity index (χ1n) is 6.83. The van der Waals surface area contributed by atoms with Crippen LogP contribution in [0.4, 0.5) is 0 Å². The van der Waals surface area contributed by atoms with Crippen LogP contribution in [0.2, 0.25) is 12.6 Å². The van der Waals surface area contributed by atoms with Crippen molar-refractivity contribution in [2.24, 2.45) is 10.8 Å². The molecular formula is C14H30O4Si. The minimum atomic E-state index is -1.99. The lowest BCUT2D eigenvalue weighted by Gasteiger charge is -2.36. The molecular weight excluding hydrogens is 260 g/mol. The molecule has 0 rings (SSSR count). The maximum atomic E-state index is 12.1. The Morgan fingerprint density at radius 1 is 1.21 bits per heavy atom. The van der Waals surface area contributed by atoms with E-state index in [1.54, 1.807) is 7.11 Å². The van der Waals surface area contributed by atoms with Crippen molar-refractivity contribution in [1.29, 1.82) is 0 Å². The molecule has 0 aliphatic carbocycles. The Bertz CT molecular complexity index is 290. The molecule has 0 aliphatic rings. The summed E-state index contributed by atoms with van der Waals surface area (Å²) in [7, 11) is -0.352. The number of esters is 1. The van der Waals surface area contributed by atoms with E-state index in [2.05, 4.69) is 0 Å². The lowest BCUT2D eigenvalue weighted by molar-refractivity contribution is -0.160. The first-order chi connectivity index (χ1) is 8.50. The van der Waals surface area contributed by atoms with Crippen LogP contribution in [-0.4, -0.2) is 39.3 Å². The van der Waals surface area contributed by atoms with Gasteiger partial charge in [-0.15, -0.1) is 0 Å². The van der Waals surface area contributed by atoms with Gasteiger partial charge in [0, 0.05) is 7.11 Å². The van der Waals surface area contributed by atoms with Crippen molar-refractivity contribution in [2.45, 2.75) is 53.6 Å². The van der Waals surface area contributed by atoms with E-state index in [9.17, 15) is 9.90 Å². The van der Waals surface area contributed by atoms with Crippen LogP contribution in [0.25, 0.3) is 0 Å². The van der Waals surface area contributed by atoms with Crippen molar-refractivity contribution >= 4 is 14.3 Å². The summed E-state index contributed by atoms with van der Waals surface area (Å²) in [4.78, 5) is 12.1. The third-order valence-electron chi connectivity index (χ3n) is 4.30. The van der Waals surface area contributed by atoms with Crippen molar-refractivity contribution in [1.82, 2.24) is 0 Å². The van der Waals surface area contributed by atoms with Gasteiger partial charge in [-0.25, -0.2) is 0 Å². The van der Waals surface area contributed by atoms with Gasteiger partial charge in [0.2, 0.25) is 8.32 Å². The van der Waals surface area contributed by atoms with Crippen LogP contribution in [0.5, 0.6) is 0 Å². The molecule has 19 heavy (non-hydrogen) atoms.